The van der Waals surface area contributed by atoms with Crippen molar-refractivity contribution in [2.75, 3.05) is 0 Å². The second kappa shape index (κ2) is 4.65. The van der Waals surface area contributed by atoms with Gasteiger partial charge in [-0.2, -0.15) is 0 Å². The maximum Gasteiger partial charge on any atom is 0.0597 e. The summed E-state index contributed by atoms with van der Waals surface area (Å²) in [5, 5.41) is 0. The van der Waals surface area contributed by atoms with Crippen LogP contribution < -0.4 is 0 Å². The second-order valence-electron chi connectivity index (χ2n) is 5.41. The van der Waals surface area contributed by atoms with Crippen LogP contribution in [0.2, 0.25) is 0 Å². The Hall–Kier alpha value is -1.89. The van der Waals surface area contributed by atoms with Gasteiger partial charge in [-0.1, -0.05) is 60.7 Å². The summed E-state index contributed by atoms with van der Waals surface area (Å²) in [6.07, 6.45) is 1.06. The van der Waals surface area contributed by atoms with Gasteiger partial charge in [-0.15, -0.1) is 0 Å². The second-order valence-corrected chi connectivity index (χ2v) is 5.41. The topological polar surface area (TPSA) is 12.4 Å². The fraction of sp³-hybridized carbons (Fsp3) is 0.278. The van der Waals surface area contributed by atoms with Crippen molar-refractivity contribution in [2.45, 2.75) is 31.7 Å². The normalized spacial score (nSPS) is 21.2. The van der Waals surface area contributed by atoms with Crippen LogP contribution in [0.3, 0.4) is 0 Å². The molecule has 2 aromatic rings. The Morgan fingerprint density at radius 3 is 1.74 bits per heavy atom. The van der Waals surface area contributed by atoms with E-state index in [9.17, 15) is 0 Å². The van der Waals surface area contributed by atoms with E-state index in [-0.39, 0.29) is 5.41 Å². The van der Waals surface area contributed by atoms with E-state index in [1.807, 2.05) is 0 Å². The molecular weight excluding hydrogens is 230 g/mol. The quantitative estimate of drug-likeness (QED) is 0.755. The van der Waals surface area contributed by atoms with Crippen LogP contribution in [0.4, 0.5) is 0 Å². The van der Waals surface area contributed by atoms with Crippen molar-refractivity contribution in [2.24, 2.45) is 4.99 Å². The molecule has 1 heteroatoms. The SMILES string of the molecule is CC1=N[C@H](C)CC1(c1ccccc1)c1ccccc1. The van der Waals surface area contributed by atoms with E-state index in [1.165, 1.54) is 16.8 Å². The molecule has 0 N–H and O–H groups in total. The molecule has 0 radical (unpaired) electrons. The molecule has 96 valence electrons. The van der Waals surface area contributed by atoms with Gasteiger partial charge in [-0.05, 0) is 31.4 Å². The van der Waals surface area contributed by atoms with Crippen LogP contribution in [-0.2, 0) is 5.41 Å². The highest BCUT2D eigenvalue weighted by molar-refractivity contribution is 5.98. The summed E-state index contributed by atoms with van der Waals surface area (Å²) in [5.41, 5.74) is 3.90. The minimum atomic E-state index is -0.0397. The third-order valence-electron chi connectivity index (χ3n) is 4.17. The zero-order chi connectivity index (χ0) is 13.3. The van der Waals surface area contributed by atoms with Crippen LogP contribution in [0.1, 0.15) is 31.4 Å². The number of hydrogen-bond donors (Lipinski definition) is 0. The van der Waals surface area contributed by atoms with Gasteiger partial charge in [-0.3, -0.25) is 4.99 Å². The summed E-state index contributed by atoms with van der Waals surface area (Å²) in [6.45, 7) is 4.38. The lowest BCUT2D eigenvalue weighted by molar-refractivity contribution is 0.593. The van der Waals surface area contributed by atoms with Gasteiger partial charge in [0.15, 0.2) is 0 Å². The van der Waals surface area contributed by atoms with Crippen LogP contribution in [0.5, 0.6) is 0 Å². The number of hydrogen-bond acceptors (Lipinski definition) is 1. The Bertz CT molecular complexity index is 544. The molecule has 1 nitrogen and oxygen atoms in total. The third kappa shape index (κ3) is 1.90. The Labute approximate surface area is 115 Å². The summed E-state index contributed by atoms with van der Waals surface area (Å²) in [5.74, 6) is 0. The number of nitrogens with zero attached hydrogens (tertiary/aromatic N) is 1. The minimum Gasteiger partial charge on any atom is -0.290 e. The lowest BCUT2D eigenvalue weighted by Gasteiger charge is -2.31. The number of rotatable bonds is 2. The molecule has 3 rings (SSSR count). The minimum absolute atomic E-state index is 0.0397. The molecule has 19 heavy (non-hydrogen) atoms. The highest BCUT2D eigenvalue weighted by Gasteiger charge is 2.42. The van der Waals surface area contributed by atoms with Gasteiger partial charge in [0.25, 0.3) is 0 Å². The number of aliphatic imine (C=N–C) groups is 1. The summed E-state index contributed by atoms with van der Waals surface area (Å²) < 4.78 is 0. The summed E-state index contributed by atoms with van der Waals surface area (Å²) >= 11 is 0. The molecule has 1 heterocycles. The van der Waals surface area contributed by atoms with Gasteiger partial charge in [0.05, 0.1) is 5.41 Å². The van der Waals surface area contributed by atoms with Gasteiger partial charge >= 0.3 is 0 Å². The largest absolute Gasteiger partial charge is 0.290 e. The molecular formula is C18H19N. The Kier molecular flexibility index (Phi) is 2.98. The maximum absolute atomic E-state index is 4.81. The van der Waals surface area contributed by atoms with Gasteiger partial charge in [0.1, 0.15) is 0 Å². The number of benzene rings is 2. The molecule has 0 amide bonds. The molecule has 0 saturated heterocycles. The van der Waals surface area contributed by atoms with Crippen molar-refractivity contribution in [1.82, 2.24) is 0 Å². The van der Waals surface area contributed by atoms with E-state index in [4.69, 9.17) is 4.99 Å². The zero-order valence-electron chi connectivity index (χ0n) is 11.5. The summed E-state index contributed by atoms with van der Waals surface area (Å²) in [7, 11) is 0. The molecule has 2 aromatic carbocycles. The van der Waals surface area contributed by atoms with E-state index in [0.29, 0.717) is 6.04 Å². The van der Waals surface area contributed by atoms with Gasteiger partial charge < -0.3 is 0 Å². The highest BCUT2D eigenvalue weighted by Crippen LogP contribution is 2.42. The monoisotopic (exact) mass is 249 g/mol. The van der Waals surface area contributed by atoms with E-state index < -0.39 is 0 Å². The first-order valence-electron chi connectivity index (χ1n) is 6.89. The Balaban J connectivity index is 2.21. The first-order chi connectivity index (χ1) is 9.23. The van der Waals surface area contributed by atoms with Crippen LogP contribution in [0.25, 0.3) is 0 Å². The Morgan fingerprint density at radius 1 is 0.895 bits per heavy atom. The van der Waals surface area contributed by atoms with Crippen molar-refractivity contribution in [3.05, 3.63) is 71.8 Å². The fourth-order valence-corrected chi connectivity index (χ4v) is 3.34. The molecule has 0 aliphatic carbocycles. The predicted molar refractivity (Wildman–Crippen MR) is 80.9 cm³/mol. The maximum atomic E-state index is 4.81. The van der Waals surface area contributed by atoms with Crippen molar-refractivity contribution < 1.29 is 0 Å². The van der Waals surface area contributed by atoms with Crippen LogP contribution >= 0.6 is 0 Å². The molecule has 1 aliphatic heterocycles. The standard InChI is InChI=1S/C18H19N/c1-14-13-18(15(2)19-14,16-9-5-3-6-10-16)17-11-7-4-8-12-17/h3-12,14H,13H2,1-2H3/t14-/m1/s1. The summed E-state index contributed by atoms with van der Waals surface area (Å²) in [6, 6.07) is 21.9. The van der Waals surface area contributed by atoms with E-state index in [1.54, 1.807) is 0 Å². The van der Waals surface area contributed by atoms with Crippen LogP contribution in [0, 0.1) is 0 Å². The van der Waals surface area contributed by atoms with Crippen LogP contribution in [0.15, 0.2) is 65.7 Å². The van der Waals surface area contributed by atoms with Crippen molar-refractivity contribution >= 4 is 5.71 Å². The molecule has 0 unspecified atom stereocenters. The van der Waals surface area contributed by atoms with E-state index in [2.05, 4.69) is 74.5 Å². The first kappa shape index (κ1) is 12.2. The highest BCUT2D eigenvalue weighted by atomic mass is 14.9. The van der Waals surface area contributed by atoms with Crippen molar-refractivity contribution in [3.63, 3.8) is 0 Å². The third-order valence-corrected chi connectivity index (χ3v) is 4.17. The van der Waals surface area contributed by atoms with E-state index >= 15 is 0 Å². The molecule has 1 aliphatic rings. The average molecular weight is 249 g/mol. The van der Waals surface area contributed by atoms with E-state index in [0.717, 1.165) is 6.42 Å². The molecule has 0 saturated carbocycles. The van der Waals surface area contributed by atoms with Crippen LogP contribution in [-0.4, -0.2) is 11.8 Å². The lowest BCUT2D eigenvalue weighted by atomic mass is 9.69. The molecule has 1 atom stereocenters. The molecule has 0 bridgehead atoms. The Morgan fingerprint density at radius 2 is 1.37 bits per heavy atom. The van der Waals surface area contributed by atoms with Gasteiger partial charge in [0, 0.05) is 11.8 Å². The lowest BCUT2D eigenvalue weighted by Crippen LogP contribution is -2.33. The van der Waals surface area contributed by atoms with Gasteiger partial charge in [0.2, 0.25) is 0 Å². The smallest absolute Gasteiger partial charge is 0.0597 e. The molecule has 0 aromatic heterocycles. The first-order valence-corrected chi connectivity index (χ1v) is 6.89. The summed E-state index contributed by atoms with van der Waals surface area (Å²) in [4.78, 5) is 4.81. The molecule has 0 fully saturated rings. The fourth-order valence-electron chi connectivity index (χ4n) is 3.34. The predicted octanol–water partition coefficient (Wildman–Crippen LogP) is 4.23. The van der Waals surface area contributed by atoms with Crippen molar-refractivity contribution in [3.8, 4) is 0 Å². The zero-order valence-corrected chi connectivity index (χ0v) is 11.5. The molecule has 0 spiro atoms. The van der Waals surface area contributed by atoms with Crippen molar-refractivity contribution in [1.29, 1.82) is 0 Å². The van der Waals surface area contributed by atoms with Gasteiger partial charge in [-0.25, -0.2) is 0 Å². The average Bonchev–Trinajstić information content (AvgIpc) is 2.76.